The van der Waals surface area contributed by atoms with E-state index in [-0.39, 0.29) is 46.5 Å². The van der Waals surface area contributed by atoms with Crippen LogP contribution in [0.5, 0.6) is 5.75 Å². The summed E-state index contributed by atoms with van der Waals surface area (Å²) in [5, 5.41) is 14.6. The van der Waals surface area contributed by atoms with Gasteiger partial charge in [-0.3, -0.25) is 34.2 Å². The molecule has 14 heteroatoms. The summed E-state index contributed by atoms with van der Waals surface area (Å²) in [6.07, 6.45) is 5.18. The van der Waals surface area contributed by atoms with Gasteiger partial charge in [-0.1, -0.05) is 83.1 Å². The van der Waals surface area contributed by atoms with Crippen molar-refractivity contribution in [2.24, 2.45) is 0 Å². The number of rotatable bonds is 18. The highest BCUT2D eigenvalue weighted by atomic mass is 32.2. The van der Waals surface area contributed by atoms with Gasteiger partial charge in [-0.05, 0) is 105 Å². The van der Waals surface area contributed by atoms with Gasteiger partial charge in [0.1, 0.15) is 0 Å². The Morgan fingerprint density at radius 1 is 0.468 bits per heavy atom. The molecule has 0 unspecified atom stereocenters. The van der Waals surface area contributed by atoms with Crippen LogP contribution in [0.4, 0.5) is 11.4 Å². The van der Waals surface area contributed by atoms with Crippen molar-refractivity contribution in [3.8, 4) is 5.75 Å². The first-order chi connectivity index (χ1) is 29.8. The molecule has 0 aliphatic carbocycles. The second-order valence-corrected chi connectivity index (χ2v) is 18.7. The van der Waals surface area contributed by atoms with Crippen LogP contribution in [0.1, 0.15) is 50.5 Å². The highest BCUT2D eigenvalue weighted by Gasteiger charge is 2.24. The van der Waals surface area contributed by atoms with Gasteiger partial charge in [0, 0.05) is 63.4 Å². The van der Waals surface area contributed by atoms with Gasteiger partial charge in [-0.15, -0.1) is 0 Å². The van der Waals surface area contributed by atoms with Gasteiger partial charge >= 0.3 is 0 Å². The monoisotopic (exact) mass is 866 g/mol. The number of sulfonamides is 2. The van der Waals surface area contributed by atoms with Crippen LogP contribution in [-0.4, -0.2) is 41.6 Å². The number of anilines is 2. The molecule has 0 aliphatic heterocycles. The Bertz CT molecular complexity index is 2680. The molecular weight excluding hydrogens is 819 g/mol. The Hall–Kier alpha value is -6.45. The fourth-order valence-corrected chi connectivity index (χ4v) is 9.34. The van der Waals surface area contributed by atoms with Crippen molar-refractivity contribution in [3.05, 3.63) is 203 Å². The minimum absolute atomic E-state index is 0.0170. The first-order valence-electron chi connectivity index (χ1n) is 20.1. The summed E-state index contributed by atoms with van der Waals surface area (Å²) in [6, 6.07) is 38.6. The Kier molecular flexibility index (Phi) is 13.7. The Morgan fingerprint density at radius 3 is 1.23 bits per heavy atom. The Balaban J connectivity index is 1.27. The lowest BCUT2D eigenvalue weighted by Gasteiger charge is -2.30. The molecule has 7 rings (SSSR count). The number of aryl methyl sites for hydroxylation is 3. The maximum absolute atomic E-state index is 14.6. The summed E-state index contributed by atoms with van der Waals surface area (Å²) < 4.78 is 61.1. The van der Waals surface area contributed by atoms with Gasteiger partial charge in [-0.25, -0.2) is 16.8 Å². The lowest BCUT2D eigenvalue weighted by atomic mass is 10.0. The molecule has 0 aliphatic rings. The first kappa shape index (κ1) is 43.6. The molecule has 7 aromatic rings. The number of pyridine rings is 3. The zero-order chi connectivity index (χ0) is 43.7. The molecule has 0 fully saturated rings. The Morgan fingerprint density at radius 2 is 0.855 bits per heavy atom. The highest BCUT2D eigenvalue weighted by Crippen LogP contribution is 2.33. The minimum atomic E-state index is -4.12. The summed E-state index contributed by atoms with van der Waals surface area (Å²) in [6.45, 7) is 7.39. The van der Waals surface area contributed by atoms with Gasteiger partial charge in [-0.2, -0.15) is 0 Å². The maximum atomic E-state index is 14.6. The normalized spacial score (nSPS) is 11.8. The third-order valence-corrected chi connectivity index (χ3v) is 13.0. The van der Waals surface area contributed by atoms with Gasteiger partial charge in [0.2, 0.25) is 0 Å². The van der Waals surface area contributed by atoms with E-state index in [0.29, 0.717) is 42.0 Å². The molecule has 0 bridgehead atoms. The van der Waals surface area contributed by atoms with Crippen LogP contribution in [-0.2, 0) is 59.3 Å². The molecule has 0 radical (unpaired) electrons. The number of nitrogens with zero attached hydrogens (tertiary/aromatic N) is 5. The number of aromatic nitrogens is 3. The third-order valence-electron chi connectivity index (χ3n) is 10.2. The van der Waals surface area contributed by atoms with Crippen LogP contribution in [0.3, 0.4) is 0 Å². The largest absolute Gasteiger partial charge is 0.872 e. The minimum Gasteiger partial charge on any atom is -0.872 e. The molecule has 0 saturated heterocycles. The van der Waals surface area contributed by atoms with Crippen molar-refractivity contribution in [2.45, 2.75) is 69.8 Å². The Labute approximate surface area is 364 Å². The molecule has 0 amide bonds. The number of nitrogens with one attached hydrogen (secondary N) is 2. The fraction of sp³-hybridized carbons (Fsp3) is 0.188. The second-order valence-electron chi connectivity index (χ2n) is 15.3. The molecule has 3 aromatic heterocycles. The van der Waals surface area contributed by atoms with Crippen molar-refractivity contribution in [2.75, 3.05) is 9.44 Å². The van der Waals surface area contributed by atoms with Gasteiger partial charge in [0.05, 0.1) is 38.2 Å². The maximum Gasteiger partial charge on any atom is 0.261 e. The van der Waals surface area contributed by atoms with E-state index in [4.69, 9.17) is 0 Å². The van der Waals surface area contributed by atoms with E-state index in [9.17, 15) is 21.9 Å². The predicted molar refractivity (Wildman–Crippen MR) is 240 cm³/mol. The molecule has 0 atom stereocenters. The molecule has 318 valence electrons. The zero-order valence-electron chi connectivity index (χ0n) is 34.8. The van der Waals surface area contributed by atoms with Crippen molar-refractivity contribution in [1.29, 1.82) is 0 Å². The average molecular weight is 867 g/mol. The van der Waals surface area contributed by atoms with Crippen LogP contribution in [0, 0.1) is 20.8 Å². The van der Waals surface area contributed by atoms with Gasteiger partial charge in [0.25, 0.3) is 20.0 Å². The van der Waals surface area contributed by atoms with E-state index >= 15 is 0 Å². The predicted octanol–water partition coefficient (Wildman–Crippen LogP) is 7.88. The van der Waals surface area contributed by atoms with Gasteiger partial charge < -0.3 is 5.11 Å². The molecule has 3 heterocycles. The molecule has 4 aromatic carbocycles. The number of hydrogen-bond acceptors (Lipinski definition) is 10. The summed E-state index contributed by atoms with van der Waals surface area (Å²) in [4.78, 5) is 17.9. The molecular formula is C48H48N7O5S2-. The fourth-order valence-electron chi connectivity index (χ4n) is 7.16. The average Bonchev–Trinajstić information content (AvgIpc) is 3.25. The van der Waals surface area contributed by atoms with E-state index < -0.39 is 20.0 Å². The zero-order valence-corrected chi connectivity index (χ0v) is 36.4. The smallest absolute Gasteiger partial charge is 0.261 e. The molecule has 0 saturated carbocycles. The lowest BCUT2D eigenvalue weighted by Crippen LogP contribution is -2.27. The van der Waals surface area contributed by atoms with Crippen LogP contribution in [0.15, 0.2) is 162 Å². The van der Waals surface area contributed by atoms with E-state index in [1.165, 1.54) is 24.3 Å². The summed E-state index contributed by atoms with van der Waals surface area (Å²) in [5.41, 5.74) is 6.92. The molecule has 2 N–H and O–H groups in total. The van der Waals surface area contributed by atoms with E-state index in [1.807, 2.05) is 92.4 Å². The second kappa shape index (κ2) is 19.5. The highest BCUT2D eigenvalue weighted by molar-refractivity contribution is 7.93. The van der Waals surface area contributed by atoms with Crippen molar-refractivity contribution in [1.82, 2.24) is 24.8 Å². The van der Waals surface area contributed by atoms with Crippen LogP contribution in [0.25, 0.3) is 0 Å². The molecule has 62 heavy (non-hydrogen) atoms. The van der Waals surface area contributed by atoms with E-state index in [2.05, 4.69) is 29.3 Å². The quantitative estimate of drug-likeness (QED) is 0.0869. The van der Waals surface area contributed by atoms with Crippen LogP contribution >= 0.6 is 0 Å². The van der Waals surface area contributed by atoms with Crippen LogP contribution < -0.4 is 14.6 Å². The van der Waals surface area contributed by atoms with Crippen molar-refractivity contribution >= 4 is 31.4 Å². The number of benzene rings is 4. The lowest BCUT2D eigenvalue weighted by molar-refractivity contribution is -0.271. The number of hydrogen-bond donors (Lipinski definition) is 2. The SMILES string of the molecule is Cc1ccc(S(=O)(=O)Nc2cccc(NS(=O)(=O)c3ccc(C)cc3)c2CN(Cc2ccccn2)Cc2cc(C)cc(CN(Cc3ccccn3)Cc3ccccn3)c2[O-])cc1. The first-order valence-corrected chi connectivity index (χ1v) is 23.0. The van der Waals surface area contributed by atoms with Crippen LogP contribution in [0.2, 0.25) is 0 Å². The summed E-state index contributed by atoms with van der Waals surface area (Å²) >= 11 is 0. The molecule has 12 nitrogen and oxygen atoms in total. The van der Waals surface area contributed by atoms with E-state index in [0.717, 1.165) is 28.1 Å². The van der Waals surface area contributed by atoms with Crippen molar-refractivity contribution < 1.29 is 21.9 Å². The van der Waals surface area contributed by atoms with E-state index in [1.54, 1.807) is 61.1 Å². The van der Waals surface area contributed by atoms with Crippen molar-refractivity contribution in [3.63, 3.8) is 0 Å². The summed E-state index contributed by atoms with van der Waals surface area (Å²) in [5.74, 6) is -0.137. The topological polar surface area (TPSA) is 161 Å². The third kappa shape index (κ3) is 11.5. The van der Waals surface area contributed by atoms with Gasteiger partial charge in [0.15, 0.2) is 0 Å². The molecule has 0 spiro atoms. The summed E-state index contributed by atoms with van der Waals surface area (Å²) in [7, 11) is -8.24. The standard InChI is InChI=1S/C48H49N7O5S2/c1-35-16-20-43(21-17-35)61(57,58)52-46-14-10-15-47(53-62(59,60)44-22-18-36(2)19-23-44)45(46)34-55(33-42-13-6-9-26-51-42)30-39-28-37(3)27-38(48(39)56)29-54(31-40-11-4-7-24-49-40)32-41-12-5-8-25-50-41/h4-28,52-53,56H,29-34H2,1-3H3/p-1.